The third-order valence-electron chi connectivity index (χ3n) is 2.04. The summed E-state index contributed by atoms with van der Waals surface area (Å²) in [7, 11) is -4.47. The van der Waals surface area contributed by atoms with E-state index in [1.165, 1.54) is 12.1 Å². The van der Waals surface area contributed by atoms with Gasteiger partial charge in [-0.1, -0.05) is 36.2 Å². The lowest BCUT2D eigenvalue weighted by Crippen LogP contribution is -2.09. The molecule has 19 heavy (non-hydrogen) atoms. The number of hydrogen-bond acceptors (Lipinski definition) is 5. The number of rotatable bonds is 6. The van der Waals surface area contributed by atoms with Crippen LogP contribution in [-0.4, -0.2) is 10.9 Å². The van der Waals surface area contributed by atoms with E-state index >= 15 is 0 Å². The first-order valence-electron chi connectivity index (χ1n) is 5.76. The fourth-order valence-corrected chi connectivity index (χ4v) is 1.80. The van der Waals surface area contributed by atoms with Crippen molar-refractivity contribution in [1.82, 2.24) is 0 Å². The fourth-order valence-electron chi connectivity index (χ4n) is 1.20. The summed E-state index contributed by atoms with van der Waals surface area (Å²) in [6.07, 6.45) is 0.0878. The predicted octanol–water partition coefficient (Wildman–Crippen LogP) is 3.00. The van der Waals surface area contributed by atoms with Gasteiger partial charge in [-0.25, -0.2) is 9.36 Å². The maximum Gasteiger partial charge on any atom is 0.564 e. The molecule has 0 radical (unpaired) electrons. The number of phosphoric acid groups is 1. The molecule has 1 aromatic rings. The molecule has 1 atom stereocenters. The predicted molar refractivity (Wildman–Crippen MR) is 68.3 cm³/mol. The first-order valence-corrected chi connectivity index (χ1v) is 7.26. The lowest BCUT2D eigenvalue weighted by molar-refractivity contribution is -0.222. The summed E-state index contributed by atoms with van der Waals surface area (Å²) < 4.78 is 20.4. The van der Waals surface area contributed by atoms with Gasteiger partial charge in [-0.15, -0.1) is 0 Å². The van der Waals surface area contributed by atoms with Crippen molar-refractivity contribution in [2.75, 3.05) is 0 Å². The molecule has 0 spiro atoms. The van der Waals surface area contributed by atoms with Gasteiger partial charge in [-0.05, 0) is 25.0 Å². The number of benzene rings is 1. The molecule has 1 unspecified atom stereocenters. The number of phosphoric ester groups is 1. The van der Waals surface area contributed by atoms with Gasteiger partial charge in [0.15, 0.2) is 0 Å². The monoisotopic (exact) mass is 288 g/mol. The molecule has 0 bridgehead atoms. The Bertz CT molecular complexity index is 468. The topological polar surface area (TPSA) is 82.1 Å². The van der Waals surface area contributed by atoms with Gasteiger partial charge in [0.05, 0.1) is 6.42 Å². The molecule has 1 aromatic carbocycles. The van der Waals surface area contributed by atoms with Crippen LogP contribution in [0.1, 0.15) is 25.8 Å². The van der Waals surface area contributed by atoms with Crippen molar-refractivity contribution in [3.63, 3.8) is 0 Å². The van der Waals surface area contributed by atoms with Gasteiger partial charge >= 0.3 is 13.8 Å². The number of carbonyl (C=O) groups excluding carboxylic acids is 1. The van der Waals surface area contributed by atoms with Crippen LogP contribution in [-0.2, 0) is 18.9 Å². The van der Waals surface area contributed by atoms with Crippen molar-refractivity contribution in [2.24, 2.45) is 5.92 Å². The van der Waals surface area contributed by atoms with Gasteiger partial charge in [0.2, 0.25) is 0 Å². The van der Waals surface area contributed by atoms with Crippen molar-refractivity contribution < 1.29 is 28.3 Å². The van der Waals surface area contributed by atoms with Gasteiger partial charge in [-0.2, -0.15) is 0 Å². The molecule has 0 fully saturated rings. The molecule has 0 saturated carbocycles. The molecule has 0 aromatic heterocycles. The van der Waals surface area contributed by atoms with Crippen LogP contribution in [0.25, 0.3) is 0 Å². The van der Waals surface area contributed by atoms with E-state index in [-0.39, 0.29) is 18.1 Å². The van der Waals surface area contributed by atoms with Crippen LogP contribution in [0.5, 0.6) is 5.75 Å². The minimum Gasteiger partial charge on any atom is -0.402 e. The van der Waals surface area contributed by atoms with Crippen molar-refractivity contribution in [2.45, 2.75) is 27.2 Å². The number of aryl methyl sites for hydroxylation is 1. The van der Waals surface area contributed by atoms with E-state index in [0.717, 1.165) is 5.56 Å². The van der Waals surface area contributed by atoms with E-state index in [1.807, 2.05) is 20.8 Å². The van der Waals surface area contributed by atoms with Crippen molar-refractivity contribution in [3.8, 4) is 5.75 Å². The van der Waals surface area contributed by atoms with Crippen molar-refractivity contribution in [1.29, 1.82) is 0 Å². The summed E-state index contributed by atoms with van der Waals surface area (Å²) in [5.41, 5.74) is 0.976. The van der Waals surface area contributed by atoms with Gasteiger partial charge < -0.3 is 4.52 Å². The molecule has 6 nitrogen and oxygen atoms in total. The molecule has 0 saturated heterocycles. The average Bonchev–Trinajstić information content (AvgIpc) is 2.29. The van der Waals surface area contributed by atoms with Gasteiger partial charge in [-0.3, -0.25) is 9.78 Å². The number of hydrogen-bond donors (Lipinski definition) is 1. The molecule has 1 N–H and O–H groups in total. The van der Waals surface area contributed by atoms with Gasteiger partial charge in [0, 0.05) is 0 Å². The Hall–Kier alpha value is -1.36. The Morgan fingerprint density at radius 1 is 1.32 bits per heavy atom. The zero-order chi connectivity index (χ0) is 14.5. The second-order valence-corrected chi connectivity index (χ2v) is 5.77. The van der Waals surface area contributed by atoms with Gasteiger partial charge in [0.1, 0.15) is 5.75 Å². The summed E-state index contributed by atoms with van der Waals surface area (Å²) >= 11 is 0. The summed E-state index contributed by atoms with van der Waals surface area (Å²) in [4.78, 5) is 24.8. The summed E-state index contributed by atoms with van der Waals surface area (Å²) in [6.45, 7) is 5.48. The average molecular weight is 288 g/mol. The van der Waals surface area contributed by atoms with Crippen LogP contribution in [0, 0.1) is 12.8 Å². The van der Waals surface area contributed by atoms with Gasteiger partial charge in [0.25, 0.3) is 0 Å². The molecular weight excluding hydrogens is 271 g/mol. The second-order valence-electron chi connectivity index (χ2n) is 4.50. The quantitative estimate of drug-likeness (QED) is 0.492. The molecule has 1 rings (SSSR count). The zero-order valence-electron chi connectivity index (χ0n) is 11.0. The highest BCUT2D eigenvalue weighted by atomic mass is 31.2. The molecule has 0 aliphatic heterocycles. The molecular formula is C12H17O6P. The summed E-state index contributed by atoms with van der Waals surface area (Å²) in [5.74, 6) is -0.514. The minimum absolute atomic E-state index is 0.0622. The van der Waals surface area contributed by atoms with Crippen LogP contribution >= 0.6 is 7.82 Å². The molecule has 0 amide bonds. The number of carbonyl (C=O) groups is 1. The van der Waals surface area contributed by atoms with E-state index < -0.39 is 13.8 Å². The van der Waals surface area contributed by atoms with Crippen LogP contribution < -0.4 is 4.52 Å². The molecule has 0 aliphatic carbocycles. The third kappa shape index (κ3) is 6.38. The van der Waals surface area contributed by atoms with E-state index in [2.05, 4.69) is 9.56 Å². The van der Waals surface area contributed by atoms with Crippen LogP contribution in [0.3, 0.4) is 0 Å². The molecule has 7 heteroatoms. The van der Waals surface area contributed by atoms with Crippen LogP contribution in [0.2, 0.25) is 0 Å². The summed E-state index contributed by atoms with van der Waals surface area (Å²) in [5, 5.41) is 0. The highest BCUT2D eigenvalue weighted by molar-refractivity contribution is 7.47. The van der Waals surface area contributed by atoms with Crippen molar-refractivity contribution >= 4 is 13.8 Å². The lowest BCUT2D eigenvalue weighted by atomic mass is 10.1. The lowest BCUT2D eigenvalue weighted by Gasteiger charge is -2.12. The maximum absolute atomic E-state index is 11.5. The minimum atomic E-state index is -4.47. The molecule has 106 valence electrons. The Morgan fingerprint density at radius 3 is 2.42 bits per heavy atom. The molecule has 0 aliphatic rings. The molecule has 0 heterocycles. The summed E-state index contributed by atoms with van der Waals surface area (Å²) in [6, 6.07) is 6.44. The fraction of sp³-hybridized carbons (Fsp3) is 0.417. The normalized spacial score (nSPS) is 13.9. The van der Waals surface area contributed by atoms with Crippen LogP contribution in [0.15, 0.2) is 24.3 Å². The first kappa shape index (κ1) is 15.7. The largest absolute Gasteiger partial charge is 0.564 e. The van der Waals surface area contributed by atoms with E-state index in [9.17, 15) is 14.3 Å². The Balaban J connectivity index is 2.50. The maximum atomic E-state index is 11.5. The first-order chi connectivity index (χ1) is 8.78. The second kappa shape index (κ2) is 6.70. The van der Waals surface area contributed by atoms with E-state index in [4.69, 9.17) is 4.52 Å². The third-order valence-corrected chi connectivity index (χ3v) is 2.75. The Kier molecular flexibility index (Phi) is 5.54. The van der Waals surface area contributed by atoms with Crippen molar-refractivity contribution in [3.05, 3.63) is 29.8 Å². The van der Waals surface area contributed by atoms with E-state index in [1.54, 1.807) is 12.1 Å². The smallest absolute Gasteiger partial charge is 0.402 e. The standard InChI is InChI=1S/C12H17O6P/c1-9(2)8-12(13)16-18-19(14,15)17-11-6-4-10(3)5-7-11/h4-7,9H,8H2,1-3H3,(H,14,15). The zero-order valence-corrected chi connectivity index (χ0v) is 11.9. The van der Waals surface area contributed by atoms with Crippen LogP contribution in [0.4, 0.5) is 0 Å². The highest BCUT2D eigenvalue weighted by Crippen LogP contribution is 2.44. The Morgan fingerprint density at radius 2 is 1.89 bits per heavy atom. The highest BCUT2D eigenvalue weighted by Gasteiger charge is 2.27. The SMILES string of the molecule is Cc1ccc(OP(=O)(O)OOC(=O)CC(C)C)cc1. The van der Waals surface area contributed by atoms with E-state index in [0.29, 0.717) is 0 Å². The Labute approximate surface area is 111 Å².